The minimum atomic E-state index is -1.36. The van der Waals surface area contributed by atoms with Crippen molar-refractivity contribution >= 4 is 23.9 Å². The highest BCUT2D eigenvalue weighted by Crippen LogP contribution is 2.18. The molecule has 3 amide bonds. The number of amides is 3. The van der Waals surface area contributed by atoms with Crippen LogP contribution in [0.4, 0.5) is 18.0 Å². The minimum Gasteiger partial charge on any atom is -0.465 e. The van der Waals surface area contributed by atoms with Crippen LogP contribution in [0.15, 0.2) is 36.4 Å². The van der Waals surface area contributed by atoms with Gasteiger partial charge in [0.2, 0.25) is 5.91 Å². The van der Waals surface area contributed by atoms with Gasteiger partial charge in [0.1, 0.15) is 11.4 Å². The molecule has 0 radical (unpaired) electrons. The molecule has 3 rings (SSSR count). The third-order valence-electron chi connectivity index (χ3n) is 6.12. The zero-order valence-corrected chi connectivity index (χ0v) is 23.3. The zero-order valence-electron chi connectivity index (χ0n) is 23.3. The minimum absolute atomic E-state index is 0.101. The Bertz CT molecular complexity index is 1280. The maximum absolute atomic E-state index is 14.4. The normalized spacial score (nSPS) is 14.6. The van der Waals surface area contributed by atoms with E-state index in [0.717, 1.165) is 0 Å². The molecule has 0 aromatic heterocycles. The molecular weight excluding hydrogens is 545 g/mol. The van der Waals surface area contributed by atoms with Crippen LogP contribution in [0.25, 0.3) is 0 Å². The van der Waals surface area contributed by atoms with Gasteiger partial charge in [-0.1, -0.05) is 0 Å². The third kappa shape index (κ3) is 8.93. The van der Waals surface area contributed by atoms with Crippen LogP contribution in [0.2, 0.25) is 0 Å². The molecule has 41 heavy (non-hydrogen) atoms. The van der Waals surface area contributed by atoms with E-state index in [9.17, 15) is 32.3 Å². The second-order valence-corrected chi connectivity index (χ2v) is 10.4. The lowest BCUT2D eigenvalue weighted by Gasteiger charge is -2.26. The average Bonchev–Trinajstić information content (AvgIpc) is 3.16. The number of halogens is 3. The molecular formula is C28H33F3N4O6. The van der Waals surface area contributed by atoms with Crippen LogP contribution >= 0.6 is 0 Å². The van der Waals surface area contributed by atoms with Gasteiger partial charge in [-0.2, -0.15) is 0 Å². The summed E-state index contributed by atoms with van der Waals surface area (Å²) in [5.74, 6) is -4.94. The topological polar surface area (TPSA) is 117 Å². The number of nitrogens with zero attached hydrogens (tertiary/aromatic N) is 2. The molecule has 0 unspecified atom stereocenters. The number of hydrogen-bond donors (Lipinski definition) is 2. The first-order valence-corrected chi connectivity index (χ1v) is 12.9. The van der Waals surface area contributed by atoms with Gasteiger partial charge >= 0.3 is 12.1 Å². The van der Waals surface area contributed by atoms with Gasteiger partial charge in [-0.25, -0.2) is 28.2 Å². The molecule has 1 heterocycles. The van der Waals surface area contributed by atoms with Crippen LogP contribution in [-0.4, -0.2) is 78.7 Å². The van der Waals surface area contributed by atoms with Crippen molar-refractivity contribution in [2.45, 2.75) is 45.3 Å². The highest BCUT2D eigenvalue weighted by molar-refractivity contribution is 5.96. The van der Waals surface area contributed by atoms with Gasteiger partial charge < -0.3 is 19.7 Å². The van der Waals surface area contributed by atoms with Crippen LogP contribution in [0.3, 0.4) is 0 Å². The summed E-state index contributed by atoms with van der Waals surface area (Å²) < 4.78 is 51.5. The lowest BCUT2D eigenvalue weighted by molar-refractivity contribution is -0.134. The van der Waals surface area contributed by atoms with E-state index in [1.165, 1.54) is 36.4 Å². The molecule has 10 nitrogen and oxygen atoms in total. The van der Waals surface area contributed by atoms with E-state index >= 15 is 0 Å². The van der Waals surface area contributed by atoms with Crippen molar-refractivity contribution in [3.8, 4) is 0 Å². The number of alkyl carbamates (subject to hydrolysis) is 1. The van der Waals surface area contributed by atoms with Gasteiger partial charge in [0.05, 0.1) is 19.2 Å². The largest absolute Gasteiger partial charge is 0.465 e. The van der Waals surface area contributed by atoms with Gasteiger partial charge in [0, 0.05) is 43.7 Å². The van der Waals surface area contributed by atoms with E-state index in [4.69, 9.17) is 4.74 Å². The summed E-state index contributed by atoms with van der Waals surface area (Å²) >= 11 is 0. The third-order valence-corrected chi connectivity index (χ3v) is 6.12. The van der Waals surface area contributed by atoms with E-state index in [1.807, 2.05) is 0 Å². The van der Waals surface area contributed by atoms with Crippen LogP contribution in [-0.2, 0) is 20.7 Å². The van der Waals surface area contributed by atoms with Crippen LogP contribution in [0, 0.1) is 17.5 Å². The molecule has 0 aliphatic carbocycles. The Morgan fingerprint density at radius 3 is 2.22 bits per heavy atom. The van der Waals surface area contributed by atoms with Crippen molar-refractivity contribution in [1.29, 1.82) is 0 Å². The molecule has 13 heteroatoms. The Balaban J connectivity index is 1.68. The van der Waals surface area contributed by atoms with Gasteiger partial charge in [0.15, 0.2) is 11.6 Å². The highest BCUT2D eigenvalue weighted by atomic mass is 19.2. The zero-order chi connectivity index (χ0) is 30.3. The van der Waals surface area contributed by atoms with Gasteiger partial charge in [-0.15, -0.1) is 0 Å². The summed E-state index contributed by atoms with van der Waals surface area (Å²) in [7, 11) is 1.26. The molecule has 1 saturated heterocycles. The van der Waals surface area contributed by atoms with Gasteiger partial charge in [-0.3, -0.25) is 14.6 Å². The Hall–Kier alpha value is -4.13. The summed E-state index contributed by atoms with van der Waals surface area (Å²) in [6, 6.07) is 6.07. The summed E-state index contributed by atoms with van der Waals surface area (Å²) in [6.07, 6.45) is -1.50. The quantitative estimate of drug-likeness (QED) is 0.383. The van der Waals surface area contributed by atoms with Crippen molar-refractivity contribution < 1.29 is 41.8 Å². The summed E-state index contributed by atoms with van der Waals surface area (Å²) in [5, 5.41) is 3.81. The van der Waals surface area contributed by atoms with Crippen molar-refractivity contribution in [3.05, 3.63) is 70.5 Å². The maximum Gasteiger partial charge on any atom is 0.407 e. The molecule has 222 valence electrons. The number of ether oxygens (including phenoxy) is 2. The lowest BCUT2D eigenvalue weighted by Crippen LogP contribution is -2.48. The van der Waals surface area contributed by atoms with E-state index in [2.05, 4.69) is 15.5 Å². The summed E-state index contributed by atoms with van der Waals surface area (Å²) in [4.78, 5) is 51.8. The molecule has 1 aliphatic rings. The predicted molar refractivity (Wildman–Crippen MR) is 141 cm³/mol. The SMILES string of the molecule is COC(=O)c1ccc(C(=O)N2CCNN(C(=O)C[C@@H](Cc3cc(F)c(F)cc3F)NC(=O)OC(C)(C)C)CC2)cc1. The number of rotatable bonds is 7. The summed E-state index contributed by atoms with van der Waals surface area (Å²) in [5.41, 5.74) is 2.52. The van der Waals surface area contributed by atoms with Crippen molar-refractivity contribution in [2.24, 2.45) is 0 Å². The second kappa shape index (κ2) is 13.5. The number of esters is 1. The highest BCUT2D eigenvalue weighted by Gasteiger charge is 2.28. The fourth-order valence-electron chi connectivity index (χ4n) is 4.15. The van der Waals surface area contributed by atoms with Crippen LogP contribution in [0.1, 0.15) is 53.5 Å². The van der Waals surface area contributed by atoms with E-state index in [-0.39, 0.29) is 50.5 Å². The number of hydrogen-bond acceptors (Lipinski definition) is 7. The number of carbonyl (C=O) groups is 4. The first kappa shape index (κ1) is 31.4. The van der Waals surface area contributed by atoms with Crippen molar-refractivity contribution in [3.63, 3.8) is 0 Å². The predicted octanol–water partition coefficient (Wildman–Crippen LogP) is 3.21. The fraction of sp³-hybridized carbons (Fsp3) is 0.429. The second-order valence-electron chi connectivity index (χ2n) is 10.4. The van der Waals surface area contributed by atoms with Crippen molar-refractivity contribution in [1.82, 2.24) is 20.7 Å². The Morgan fingerprint density at radius 1 is 0.951 bits per heavy atom. The molecule has 2 aromatic rings. The number of nitrogens with one attached hydrogen (secondary N) is 2. The first-order valence-electron chi connectivity index (χ1n) is 12.9. The molecule has 1 fully saturated rings. The Labute approximate surface area is 235 Å². The molecule has 1 atom stereocenters. The van der Waals surface area contributed by atoms with Gasteiger partial charge in [0.25, 0.3) is 5.91 Å². The number of benzene rings is 2. The monoisotopic (exact) mass is 578 g/mol. The molecule has 0 spiro atoms. The van der Waals surface area contributed by atoms with Crippen LogP contribution in [0.5, 0.6) is 0 Å². The average molecular weight is 579 g/mol. The number of carbonyl (C=O) groups excluding carboxylic acids is 4. The smallest absolute Gasteiger partial charge is 0.407 e. The maximum atomic E-state index is 14.4. The Kier molecular flexibility index (Phi) is 10.3. The Morgan fingerprint density at radius 2 is 1.59 bits per heavy atom. The lowest BCUT2D eigenvalue weighted by atomic mass is 10.0. The van der Waals surface area contributed by atoms with E-state index in [0.29, 0.717) is 23.3 Å². The van der Waals surface area contributed by atoms with E-state index in [1.54, 1.807) is 25.7 Å². The van der Waals surface area contributed by atoms with E-state index < -0.39 is 47.1 Å². The molecule has 0 bridgehead atoms. The standard InChI is InChI=1S/C28H33F3N4O6/c1-28(2,3)41-27(39)33-20(13-19-14-22(30)23(31)16-21(19)29)15-24(36)35-12-11-34(10-9-32-35)25(37)17-5-7-18(8-6-17)26(38)40-4/h5-8,14,16,20,32H,9-13,15H2,1-4H3,(H,33,39)/t20-/m1/s1. The number of hydrazine groups is 1. The van der Waals surface area contributed by atoms with Crippen molar-refractivity contribution in [2.75, 3.05) is 33.3 Å². The molecule has 0 saturated carbocycles. The van der Waals surface area contributed by atoms with Crippen LogP contribution < -0.4 is 10.7 Å². The molecule has 1 aliphatic heterocycles. The molecule has 2 aromatic carbocycles. The summed E-state index contributed by atoms with van der Waals surface area (Å²) in [6.45, 7) is 5.72. The first-order chi connectivity index (χ1) is 19.3. The number of methoxy groups -OCH3 is 1. The van der Waals surface area contributed by atoms with Gasteiger partial charge in [-0.05, 0) is 63.1 Å². The fourth-order valence-corrected chi connectivity index (χ4v) is 4.15. The molecule has 2 N–H and O–H groups in total.